The Hall–Kier alpha value is -2.81. The zero-order valence-corrected chi connectivity index (χ0v) is 10.5. The Morgan fingerprint density at radius 2 is 1.50 bits per heavy atom. The second-order valence-corrected chi connectivity index (χ2v) is 4.81. The summed E-state index contributed by atoms with van der Waals surface area (Å²) in [5.41, 5.74) is 0.922. The van der Waals surface area contributed by atoms with E-state index < -0.39 is 0 Å². The maximum Gasteiger partial charge on any atom is 0.200 e. The summed E-state index contributed by atoms with van der Waals surface area (Å²) in [7, 11) is 0. The Labute approximate surface area is 113 Å². The van der Waals surface area contributed by atoms with Gasteiger partial charge in [0.05, 0.1) is 10.8 Å². The fourth-order valence-electron chi connectivity index (χ4n) is 2.53. The highest BCUT2D eigenvalue weighted by molar-refractivity contribution is 5.99. The van der Waals surface area contributed by atoms with E-state index in [-0.39, 0.29) is 11.2 Å². The molecule has 3 aromatic carbocycles. The molecule has 0 radical (unpaired) electrons. The molecule has 96 valence electrons. The van der Waals surface area contributed by atoms with Crippen molar-refractivity contribution in [1.29, 1.82) is 0 Å². The molecule has 0 aliphatic rings. The van der Waals surface area contributed by atoms with Crippen LogP contribution in [0.4, 0.5) is 0 Å². The zero-order chi connectivity index (χ0) is 13.7. The van der Waals surface area contributed by atoms with Crippen LogP contribution >= 0.6 is 0 Å². The largest absolute Gasteiger partial charge is 0.508 e. The molecular formula is C17H10O3. The lowest BCUT2D eigenvalue weighted by Crippen LogP contribution is -2.01. The lowest BCUT2D eigenvalue weighted by molar-refractivity contribution is 0.475. The minimum Gasteiger partial charge on any atom is -0.508 e. The molecule has 1 heterocycles. The normalized spacial score (nSPS) is 11.4. The molecule has 4 aromatic rings. The molecule has 0 saturated heterocycles. The lowest BCUT2D eigenvalue weighted by atomic mass is 10.1. The van der Waals surface area contributed by atoms with Crippen molar-refractivity contribution in [2.45, 2.75) is 0 Å². The number of rotatable bonds is 0. The number of fused-ring (bicyclic) bond motifs is 3. The summed E-state index contributed by atoms with van der Waals surface area (Å²) in [6.07, 6.45) is 0. The van der Waals surface area contributed by atoms with E-state index in [1.165, 1.54) is 12.1 Å². The molecule has 4 rings (SSSR count). The quantitative estimate of drug-likeness (QED) is 0.490. The van der Waals surface area contributed by atoms with Gasteiger partial charge in [0.25, 0.3) is 0 Å². The third-order valence-corrected chi connectivity index (χ3v) is 3.52. The van der Waals surface area contributed by atoms with E-state index in [9.17, 15) is 9.90 Å². The van der Waals surface area contributed by atoms with Gasteiger partial charge in [-0.05, 0) is 41.1 Å². The van der Waals surface area contributed by atoms with Crippen molar-refractivity contribution in [2.75, 3.05) is 0 Å². The van der Waals surface area contributed by atoms with E-state index in [1.54, 1.807) is 6.07 Å². The van der Waals surface area contributed by atoms with Gasteiger partial charge in [-0.15, -0.1) is 0 Å². The van der Waals surface area contributed by atoms with E-state index in [1.807, 2.05) is 36.4 Å². The van der Waals surface area contributed by atoms with Gasteiger partial charge in [0.2, 0.25) is 5.43 Å². The Kier molecular flexibility index (Phi) is 2.12. The van der Waals surface area contributed by atoms with E-state index >= 15 is 0 Å². The molecule has 1 N–H and O–H groups in total. The Morgan fingerprint density at radius 3 is 2.30 bits per heavy atom. The smallest absolute Gasteiger partial charge is 0.200 e. The van der Waals surface area contributed by atoms with E-state index in [2.05, 4.69) is 0 Å². The number of phenolic OH excluding ortho intramolecular Hbond substituents is 1. The minimum absolute atomic E-state index is 0.0601. The van der Waals surface area contributed by atoms with Gasteiger partial charge in [0.15, 0.2) is 0 Å². The van der Waals surface area contributed by atoms with Crippen LogP contribution in [0, 0.1) is 0 Å². The van der Waals surface area contributed by atoms with Gasteiger partial charge in [-0.2, -0.15) is 0 Å². The van der Waals surface area contributed by atoms with Crippen LogP contribution in [-0.4, -0.2) is 5.11 Å². The Balaban J connectivity index is 2.26. The standard InChI is InChI=1S/C17H10O3/c18-12-5-6-15-14(9-12)17(19)13-7-10-3-1-2-4-11(10)8-16(13)20-15/h1-9,18H. The minimum atomic E-state index is -0.122. The fourth-order valence-corrected chi connectivity index (χ4v) is 2.53. The zero-order valence-electron chi connectivity index (χ0n) is 10.5. The van der Waals surface area contributed by atoms with Crippen LogP contribution in [-0.2, 0) is 0 Å². The third-order valence-electron chi connectivity index (χ3n) is 3.52. The van der Waals surface area contributed by atoms with Crippen LogP contribution in [0.3, 0.4) is 0 Å². The molecule has 1 aromatic heterocycles. The number of hydrogen-bond acceptors (Lipinski definition) is 3. The van der Waals surface area contributed by atoms with Crippen molar-refractivity contribution in [2.24, 2.45) is 0 Å². The number of hydrogen-bond donors (Lipinski definition) is 1. The van der Waals surface area contributed by atoms with Gasteiger partial charge in [-0.1, -0.05) is 24.3 Å². The van der Waals surface area contributed by atoms with Crippen molar-refractivity contribution < 1.29 is 9.52 Å². The maximum absolute atomic E-state index is 12.5. The predicted molar refractivity (Wildman–Crippen MR) is 79.2 cm³/mol. The monoisotopic (exact) mass is 262 g/mol. The predicted octanol–water partition coefficient (Wildman–Crippen LogP) is 3.81. The fraction of sp³-hybridized carbons (Fsp3) is 0. The molecule has 0 aliphatic heterocycles. The van der Waals surface area contributed by atoms with Crippen LogP contribution in [0.2, 0.25) is 0 Å². The molecule has 0 bridgehead atoms. The highest BCUT2D eigenvalue weighted by atomic mass is 16.3. The van der Waals surface area contributed by atoms with Gasteiger partial charge in [0, 0.05) is 0 Å². The molecule has 0 atom stereocenters. The summed E-state index contributed by atoms with van der Waals surface area (Å²) >= 11 is 0. The van der Waals surface area contributed by atoms with E-state index in [0.717, 1.165) is 10.8 Å². The first kappa shape index (κ1) is 11.1. The van der Waals surface area contributed by atoms with Gasteiger partial charge in [0.1, 0.15) is 16.9 Å². The van der Waals surface area contributed by atoms with Crippen molar-refractivity contribution in [3.05, 3.63) is 64.8 Å². The molecule has 0 amide bonds. The summed E-state index contributed by atoms with van der Waals surface area (Å²) in [4.78, 5) is 12.5. The molecule has 0 fully saturated rings. The summed E-state index contributed by atoms with van der Waals surface area (Å²) in [6, 6.07) is 16.1. The van der Waals surface area contributed by atoms with Crippen molar-refractivity contribution in [1.82, 2.24) is 0 Å². The third kappa shape index (κ3) is 1.50. The molecule has 3 nitrogen and oxygen atoms in total. The lowest BCUT2D eigenvalue weighted by Gasteiger charge is -2.04. The van der Waals surface area contributed by atoms with Crippen molar-refractivity contribution >= 4 is 32.7 Å². The summed E-state index contributed by atoms with van der Waals surface area (Å²) in [5.74, 6) is 0.0601. The maximum atomic E-state index is 12.5. The molecular weight excluding hydrogens is 252 g/mol. The molecule has 0 aliphatic carbocycles. The summed E-state index contributed by atoms with van der Waals surface area (Å²) in [6.45, 7) is 0. The number of benzene rings is 3. The second kappa shape index (κ2) is 3.84. The first-order valence-electron chi connectivity index (χ1n) is 6.31. The highest BCUT2D eigenvalue weighted by Gasteiger charge is 2.09. The van der Waals surface area contributed by atoms with Crippen LogP contribution in [0.15, 0.2) is 63.8 Å². The van der Waals surface area contributed by atoms with Crippen molar-refractivity contribution in [3.8, 4) is 5.75 Å². The second-order valence-electron chi connectivity index (χ2n) is 4.81. The first-order valence-corrected chi connectivity index (χ1v) is 6.31. The molecule has 3 heteroatoms. The van der Waals surface area contributed by atoms with Crippen LogP contribution in [0.1, 0.15) is 0 Å². The van der Waals surface area contributed by atoms with Gasteiger partial charge >= 0.3 is 0 Å². The van der Waals surface area contributed by atoms with Crippen LogP contribution in [0.5, 0.6) is 5.75 Å². The number of phenols is 1. The van der Waals surface area contributed by atoms with Gasteiger partial charge in [-0.25, -0.2) is 0 Å². The summed E-state index contributed by atoms with van der Waals surface area (Å²) in [5, 5.41) is 12.5. The molecule has 0 spiro atoms. The average Bonchev–Trinajstić information content (AvgIpc) is 2.47. The molecule has 20 heavy (non-hydrogen) atoms. The van der Waals surface area contributed by atoms with Crippen molar-refractivity contribution in [3.63, 3.8) is 0 Å². The Bertz CT molecular complexity index is 1030. The van der Waals surface area contributed by atoms with Gasteiger partial charge < -0.3 is 9.52 Å². The van der Waals surface area contributed by atoms with Crippen LogP contribution in [0.25, 0.3) is 32.7 Å². The highest BCUT2D eigenvalue weighted by Crippen LogP contribution is 2.25. The molecule has 0 saturated carbocycles. The first-order chi connectivity index (χ1) is 9.72. The molecule has 0 unspecified atom stereocenters. The Morgan fingerprint density at radius 1 is 0.800 bits per heavy atom. The van der Waals surface area contributed by atoms with E-state index in [0.29, 0.717) is 21.9 Å². The van der Waals surface area contributed by atoms with Crippen LogP contribution < -0.4 is 5.43 Å². The summed E-state index contributed by atoms with van der Waals surface area (Å²) < 4.78 is 5.78. The van der Waals surface area contributed by atoms with E-state index in [4.69, 9.17) is 4.42 Å². The average molecular weight is 262 g/mol. The topological polar surface area (TPSA) is 50.4 Å². The van der Waals surface area contributed by atoms with Gasteiger partial charge in [-0.3, -0.25) is 4.79 Å². The number of aromatic hydroxyl groups is 1. The SMILES string of the molecule is O=c1c2cc(O)ccc2oc2cc3ccccc3cc12.